The van der Waals surface area contributed by atoms with Crippen LogP contribution in [0.15, 0.2) is 66.7 Å². The molecule has 5 rings (SSSR count). The highest BCUT2D eigenvalue weighted by Gasteiger charge is 2.61. The van der Waals surface area contributed by atoms with E-state index >= 15 is 0 Å². The molecule has 0 aromatic heterocycles. The molecule has 1 heterocycles. The third kappa shape index (κ3) is 3.89. The Kier molecular flexibility index (Phi) is 5.62. The molecule has 1 aliphatic heterocycles. The van der Waals surface area contributed by atoms with Gasteiger partial charge in [0.2, 0.25) is 11.8 Å². The molecule has 2 bridgehead atoms. The standard InChI is InChI=1S/C26H22ClNO5/c27-19-10-8-16(9-11-19)21(29)14-33-26(32)20(12-15-4-2-1-3-5-15)28-24(30)22-17-6-7-18(13-17)23(22)25(28)31/h1-11,17-18,20,22-23H,12-14H2/t17-,18-,20+,22-,23+/m0/s1. The summed E-state index contributed by atoms with van der Waals surface area (Å²) in [5.41, 5.74) is 1.15. The van der Waals surface area contributed by atoms with E-state index in [1.54, 1.807) is 24.3 Å². The van der Waals surface area contributed by atoms with Crippen LogP contribution in [0.1, 0.15) is 22.3 Å². The number of likely N-dealkylation sites (tertiary alicyclic amines) is 1. The molecule has 0 radical (unpaired) electrons. The molecule has 0 unspecified atom stereocenters. The summed E-state index contributed by atoms with van der Waals surface area (Å²) in [6, 6.07) is 14.3. The van der Waals surface area contributed by atoms with Gasteiger partial charge in [-0.1, -0.05) is 54.1 Å². The molecule has 6 nitrogen and oxygen atoms in total. The van der Waals surface area contributed by atoms with Crippen molar-refractivity contribution in [2.24, 2.45) is 23.7 Å². The summed E-state index contributed by atoms with van der Waals surface area (Å²) in [5.74, 6) is -2.52. The van der Waals surface area contributed by atoms with Crippen molar-refractivity contribution in [3.05, 3.63) is 82.9 Å². The summed E-state index contributed by atoms with van der Waals surface area (Å²) >= 11 is 5.86. The number of hydrogen-bond acceptors (Lipinski definition) is 5. The van der Waals surface area contributed by atoms with Gasteiger partial charge in [0.05, 0.1) is 11.8 Å². The average Bonchev–Trinajstić information content (AvgIpc) is 3.51. The molecule has 3 aliphatic rings. The maximum atomic E-state index is 13.3. The first-order valence-corrected chi connectivity index (χ1v) is 11.4. The molecule has 2 amide bonds. The van der Waals surface area contributed by atoms with Gasteiger partial charge in [-0.05, 0) is 48.1 Å². The highest BCUT2D eigenvalue weighted by molar-refractivity contribution is 6.30. The summed E-state index contributed by atoms with van der Waals surface area (Å²) in [6.45, 7) is -0.484. The molecular weight excluding hydrogens is 442 g/mol. The Hall–Kier alpha value is -3.25. The van der Waals surface area contributed by atoms with E-state index in [-0.39, 0.29) is 30.1 Å². The SMILES string of the molecule is O=C(COC(=O)[C@@H](Cc1ccccc1)N1C(=O)[C@@H]2[C@H](C1=O)[C@H]1C=C[C@H]2C1)c1ccc(Cl)cc1. The van der Waals surface area contributed by atoms with Crippen LogP contribution < -0.4 is 0 Å². The van der Waals surface area contributed by atoms with Crippen molar-refractivity contribution in [2.45, 2.75) is 18.9 Å². The molecular formula is C26H22ClNO5. The Morgan fingerprint density at radius 1 is 0.939 bits per heavy atom. The van der Waals surface area contributed by atoms with Crippen LogP contribution in [0.25, 0.3) is 0 Å². The normalized spacial score (nSPS) is 25.9. The summed E-state index contributed by atoms with van der Waals surface area (Å²) in [7, 11) is 0. The lowest BCUT2D eigenvalue weighted by atomic mass is 9.85. The van der Waals surface area contributed by atoms with Crippen LogP contribution in [-0.2, 0) is 25.5 Å². The lowest BCUT2D eigenvalue weighted by molar-refractivity contribution is -0.158. The molecule has 33 heavy (non-hydrogen) atoms. The van der Waals surface area contributed by atoms with Gasteiger partial charge in [0.1, 0.15) is 6.04 Å². The van der Waals surface area contributed by atoms with Crippen LogP contribution in [0.3, 0.4) is 0 Å². The summed E-state index contributed by atoms with van der Waals surface area (Å²) < 4.78 is 5.34. The van der Waals surface area contributed by atoms with E-state index < -0.39 is 36.2 Å². The van der Waals surface area contributed by atoms with Crippen molar-refractivity contribution >= 4 is 35.2 Å². The lowest BCUT2D eigenvalue weighted by Crippen LogP contribution is -2.48. The second-order valence-corrected chi connectivity index (χ2v) is 9.23. The smallest absolute Gasteiger partial charge is 0.330 e. The number of benzene rings is 2. The Labute approximate surface area is 196 Å². The zero-order valence-corrected chi connectivity index (χ0v) is 18.5. The molecule has 168 valence electrons. The number of amides is 2. The van der Waals surface area contributed by atoms with E-state index in [0.717, 1.165) is 16.9 Å². The molecule has 0 N–H and O–H groups in total. The number of esters is 1. The zero-order valence-electron chi connectivity index (χ0n) is 17.7. The van der Waals surface area contributed by atoms with Crippen molar-refractivity contribution in [1.29, 1.82) is 0 Å². The average molecular weight is 464 g/mol. The van der Waals surface area contributed by atoms with Crippen LogP contribution in [0, 0.1) is 23.7 Å². The van der Waals surface area contributed by atoms with Crippen molar-refractivity contribution in [2.75, 3.05) is 6.61 Å². The van der Waals surface area contributed by atoms with Gasteiger partial charge in [-0.15, -0.1) is 0 Å². The fraction of sp³-hybridized carbons (Fsp3) is 0.308. The maximum Gasteiger partial charge on any atom is 0.330 e. The first-order chi connectivity index (χ1) is 15.9. The predicted molar refractivity (Wildman–Crippen MR) is 120 cm³/mol. The van der Waals surface area contributed by atoms with Gasteiger partial charge in [0.15, 0.2) is 12.4 Å². The number of hydrogen-bond donors (Lipinski definition) is 0. The molecule has 2 fully saturated rings. The Bertz CT molecular complexity index is 1110. The van der Waals surface area contributed by atoms with Crippen LogP contribution in [0.4, 0.5) is 0 Å². The lowest BCUT2D eigenvalue weighted by Gasteiger charge is -2.26. The highest BCUT2D eigenvalue weighted by Crippen LogP contribution is 2.53. The van der Waals surface area contributed by atoms with Crippen molar-refractivity contribution in [1.82, 2.24) is 4.90 Å². The molecule has 5 atom stereocenters. The van der Waals surface area contributed by atoms with E-state index in [4.69, 9.17) is 16.3 Å². The van der Waals surface area contributed by atoms with E-state index in [1.165, 1.54) is 0 Å². The number of imide groups is 1. The van der Waals surface area contributed by atoms with Crippen LogP contribution in [0.5, 0.6) is 0 Å². The van der Waals surface area contributed by atoms with Crippen molar-refractivity contribution < 1.29 is 23.9 Å². The van der Waals surface area contributed by atoms with Gasteiger partial charge in [-0.25, -0.2) is 4.79 Å². The second kappa shape index (κ2) is 8.60. The third-order valence-electron chi connectivity index (χ3n) is 6.87. The number of fused-ring (bicyclic) bond motifs is 5. The number of carbonyl (C=O) groups is 4. The number of ether oxygens (including phenoxy) is 1. The van der Waals surface area contributed by atoms with Gasteiger partial charge < -0.3 is 4.74 Å². The minimum Gasteiger partial charge on any atom is -0.456 e. The van der Waals surface area contributed by atoms with Crippen molar-refractivity contribution in [3.8, 4) is 0 Å². The fourth-order valence-electron chi connectivity index (χ4n) is 5.30. The Morgan fingerprint density at radius 3 is 2.15 bits per heavy atom. The Morgan fingerprint density at radius 2 is 1.55 bits per heavy atom. The fourth-order valence-corrected chi connectivity index (χ4v) is 5.43. The number of nitrogens with zero attached hydrogens (tertiary/aromatic N) is 1. The molecule has 2 aliphatic carbocycles. The molecule has 1 saturated heterocycles. The van der Waals surface area contributed by atoms with Crippen molar-refractivity contribution in [3.63, 3.8) is 0 Å². The maximum absolute atomic E-state index is 13.3. The third-order valence-corrected chi connectivity index (χ3v) is 7.12. The summed E-state index contributed by atoms with van der Waals surface area (Å²) in [6.07, 6.45) is 4.96. The Balaban J connectivity index is 1.36. The second-order valence-electron chi connectivity index (χ2n) is 8.79. The first kappa shape index (κ1) is 21.6. The molecule has 1 saturated carbocycles. The quantitative estimate of drug-likeness (QED) is 0.272. The monoisotopic (exact) mass is 463 g/mol. The van der Waals surface area contributed by atoms with E-state index in [2.05, 4.69) is 0 Å². The van der Waals surface area contributed by atoms with E-state index in [1.807, 2.05) is 42.5 Å². The molecule has 0 spiro atoms. The molecule has 2 aromatic carbocycles. The van der Waals surface area contributed by atoms with Crippen LogP contribution in [0.2, 0.25) is 5.02 Å². The van der Waals surface area contributed by atoms with Gasteiger partial charge in [-0.2, -0.15) is 0 Å². The number of Topliss-reactive ketones (excluding diaryl/α,β-unsaturated/α-hetero) is 1. The minimum atomic E-state index is -1.12. The summed E-state index contributed by atoms with van der Waals surface area (Å²) in [4.78, 5) is 53.3. The minimum absolute atomic E-state index is 0.0429. The zero-order chi connectivity index (χ0) is 23.1. The topological polar surface area (TPSA) is 80.8 Å². The van der Waals surface area contributed by atoms with E-state index in [0.29, 0.717) is 10.6 Å². The predicted octanol–water partition coefficient (Wildman–Crippen LogP) is 3.48. The van der Waals surface area contributed by atoms with Gasteiger partial charge in [0, 0.05) is 17.0 Å². The number of halogens is 1. The van der Waals surface area contributed by atoms with Gasteiger partial charge in [-0.3, -0.25) is 19.3 Å². The van der Waals surface area contributed by atoms with Crippen LogP contribution in [-0.4, -0.2) is 41.1 Å². The molecule has 2 aromatic rings. The number of allylic oxidation sites excluding steroid dienone is 2. The number of ketones is 1. The number of rotatable bonds is 7. The molecule has 7 heteroatoms. The number of carbonyl (C=O) groups excluding carboxylic acids is 4. The largest absolute Gasteiger partial charge is 0.456 e. The summed E-state index contributed by atoms with van der Waals surface area (Å²) in [5, 5.41) is 0.492. The van der Waals surface area contributed by atoms with Crippen LogP contribution >= 0.6 is 11.6 Å². The van der Waals surface area contributed by atoms with E-state index in [9.17, 15) is 19.2 Å². The van der Waals surface area contributed by atoms with Gasteiger partial charge >= 0.3 is 5.97 Å². The first-order valence-electron chi connectivity index (χ1n) is 11.0. The highest BCUT2D eigenvalue weighted by atomic mass is 35.5. The van der Waals surface area contributed by atoms with Gasteiger partial charge in [0.25, 0.3) is 0 Å².